The van der Waals surface area contributed by atoms with Crippen LogP contribution in [0.2, 0.25) is 0 Å². The molecule has 0 saturated carbocycles. The van der Waals surface area contributed by atoms with Crippen LogP contribution in [0.25, 0.3) is 0 Å². The van der Waals surface area contributed by atoms with Crippen LogP contribution in [0.5, 0.6) is 0 Å². The van der Waals surface area contributed by atoms with Crippen LogP contribution in [-0.4, -0.2) is 67.4 Å². The number of aliphatic carboxylic acids is 1. The number of fused-ring (bicyclic) bond motifs is 1. The Labute approximate surface area is 194 Å². The number of thioether (sulfide) groups is 1. The number of oxime groups is 1. The Morgan fingerprint density at radius 1 is 1.42 bits per heavy atom. The SMILES string of the molecule is CCC1=CN2C(=O)C(NC(=O)C(=NOCC(F)(F)F)c3csc(N)n3)[C@H]2SC1(CC)C(=O)O. The van der Waals surface area contributed by atoms with E-state index in [0.717, 1.165) is 23.1 Å². The zero-order chi connectivity index (χ0) is 24.6. The second-order valence-electron chi connectivity index (χ2n) is 7.10. The van der Waals surface area contributed by atoms with Crippen molar-refractivity contribution in [3.63, 3.8) is 0 Å². The van der Waals surface area contributed by atoms with Gasteiger partial charge in [0.05, 0.1) is 0 Å². The number of hydrogen-bond donors (Lipinski definition) is 3. The van der Waals surface area contributed by atoms with Gasteiger partial charge in [0.2, 0.25) is 6.61 Å². The van der Waals surface area contributed by atoms with Gasteiger partial charge in [-0.1, -0.05) is 19.0 Å². The highest BCUT2D eigenvalue weighted by molar-refractivity contribution is 8.02. The molecular formula is C18H20F3N5O5S2. The summed E-state index contributed by atoms with van der Waals surface area (Å²) < 4.78 is 36.0. The molecule has 0 aromatic carbocycles. The molecule has 2 aliphatic rings. The summed E-state index contributed by atoms with van der Waals surface area (Å²) in [7, 11) is 0. The number of nitrogen functional groups attached to an aromatic ring is 1. The summed E-state index contributed by atoms with van der Waals surface area (Å²) in [5, 5.41) is 16.2. The molecule has 180 valence electrons. The van der Waals surface area contributed by atoms with Crippen LogP contribution in [0.15, 0.2) is 22.3 Å². The second kappa shape index (κ2) is 9.21. The average molecular weight is 508 g/mol. The molecule has 33 heavy (non-hydrogen) atoms. The molecule has 1 aromatic heterocycles. The van der Waals surface area contributed by atoms with Gasteiger partial charge in [-0.25, -0.2) is 4.98 Å². The number of alkyl halides is 3. The van der Waals surface area contributed by atoms with E-state index >= 15 is 0 Å². The van der Waals surface area contributed by atoms with E-state index in [0.29, 0.717) is 12.0 Å². The Bertz CT molecular complexity index is 1030. The van der Waals surface area contributed by atoms with Crippen molar-refractivity contribution in [2.75, 3.05) is 12.3 Å². The van der Waals surface area contributed by atoms with Crippen molar-refractivity contribution < 1.29 is 37.5 Å². The minimum absolute atomic E-state index is 0.0430. The number of nitrogens with zero attached hydrogens (tertiary/aromatic N) is 3. The number of thiazole rings is 1. The van der Waals surface area contributed by atoms with Gasteiger partial charge in [-0.05, 0) is 18.4 Å². The Kier molecular flexibility index (Phi) is 6.93. The van der Waals surface area contributed by atoms with E-state index < -0.39 is 52.4 Å². The van der Waals surface area contributed by atoms with Crippen LogP contribution in [0.1, 0.15) is 32.4 Å². The summed E-state index contributed by atoms with van der Waals surface area (Å²) >= 11 is 1.96. The number of carboxylic acid groups (broad SMARTS) is 1. The van der Waals surface area contributed by atoms with Crippen LogP contribution < -0.4 is 11.1 Å². The number of halogens is 3. The minimum atomic E-state index is -4.68. The highest BCUT2D eigenvalue weighted by atomic mass is 32.2. The normalized spacial score (nSPS) is 25.1. The Morgan fingerprint density at radius 3 is 2.64 bits per heavy atom. The molecule has 10 nitrogen and oxygen atoms in total. The number of hydrogen-bond acceptors (Lipinski definition) is 9. The number of aromatic nitrogens is 1. The number of carbonyl (C=O) groups is 3. The van der Waals surface area contributed by atoms with E-state index in [4.69, 9.17) is 5.73 Å². The molecule has 1 fully saturated rings. The highest BCUT2D eigenvalue weighted by Gasteiger charge is 2.57. The summed E-state index contributed by atoms with van der Waals surface area (Å²) in [4.78, 5) is 46.9. The van der Waals surface area contributed by atoms with Gasteiger partial charge in [0.1, 0.15) is 21.9 Å². The molecule has 3 heterocycles. The molecule has 2 aliphatic heterocycles. The minimum Gasteiger partial charge on any atom is -0.480 e. The molecule has 2 unspecified atom stereocenters. The van der Waals surface area contributed by atoms with Gasteiger partial charge in [0, 0.05) is 11.6 Å². The average Bonchev–Trinajstić information content (AvgIpc) is 3.18. The van der Waals surface area contributed by atoms with Crippen molar-refractivity contribution in [1.82, 2.24) is 15.2 Å². The molecule has 3 rings (SSSR count). The van der Waals surface area contributed by atoms with Crippen LogP contribution >= 0.6 is 23.1 Å². The molecule has 0 spiro atoms. The third-order valence-electron chi connectivity index (χ3n) is 5.09. The van der Waals surface area contributed by atoms with E-state index in [1.165, 1.54) is 16.5 Å². The van der Waals surface area contributed by atoms with E-state index in [1.807, 2.05) is 0 Å². The first-order valence-electron chi connectivity index (χ1n) is 9.67. The standard InChI is InChI=1S/C18H20F3N5O5S2/c1-3-8-5-26-13(28)11(14(26)33-17(8,4-2)15(29)30)24-12(27)10(9-6-32-16(22)23-9)25-31-7-18(19,20)21/h5-6,11,14H,3-4,7H2,1-2H3,(H2,22,23)(H,24,27)(H,29,30)/t11?,14-,17?/m1/s1. The molecule has 1 aromatic rings. The number of rotatable bonds is 8. The lowest BCUT2D eigenvalue weighted by Crippen LogP contribution is -2.71. The van der Waals surface area contributed by atoms with Crippen LogP contribution in [0, 0.1) is 0 Å². The van der Waals surface area contributed by atoms with Gasteiger partial charge >= 0.3 is 12.1 Å². The number of anilines is 1. The van der Waals surface area contributed by atoms with Gasteiger partial charge in [-0.15, -0.1) is 23.1 Å². The second-order valence-corrected chi connectivity index (χ2v) is 9.40. The zero-order valence-corrected chi connectivity index (χ0v) is 19.0. The molecule has 1 saturated heterocycles. The molecule has 4 N–H and O–H groups in total. The number of amides is 2. The first kappa shape index (κ1) is 24.8. The third-order valence-corrected chi connectivity index (χ3v) is 7.63. The van der Waals surface area contributed by atoms with Gasteiger partial charge in [-0.3, -0.25) is 14.4 Å². The molecule has 3 atom stereocenters. The lowest BCUT2D eigenvalue weighted by Gasteiger charge is -2.52. The van der Waals surface area contributed by atoms with Gasteiger partial charge < -0.3 is 25.9 Å². The maximum absolute atomic E-state index is 12.8. The quantitative estimate of drug-likeness (QED) is 0.275. The maximum Gasteiger partial charge on any atom is 0.425 e. The molecular weight excluding hydrogens is 487 g/mol. The summed E-state index contributed by atoms with van der Waals surface area (Å²) in [6.45, 7) is 1.76. The van der Waals surface area contributed by atoms with Gasteiger partial charge in [0.15, 0.2) is 10.8 Å². The van der Waals surface area contributed by atoms with Crippen LogP contribution in [0.4, 0.5) is 18.3 Å². The lowest BCUT2D eigenvalue weighted by atomic mass is 9.92. The van der Waals surface area contributed by atoms with Crippen molar-refractivity contribution in [2.45, 2.75) is 49.0 Å². The van der Waals surface area contributed by atoms with Gasteiger partial charge in [0.25, 0.3) is 11.8 Å². The van der Waals surface area contributed by atoms with E-state index in [1.54, 1.807) is 13.8 Å². The summed E-state index contributed by atoms with van der Waals surface area (Å²) in [5.41, 5.74) is 5.38. The largest absolute Gasteiger partial charge is 0.480 e. The predicted octanol–water partition coefficient (Wildman–Crippen LogP) is 1.94. The lowest BCUT2D eigenvalue weighted by molar-refractivity contribution is -0.174. The molecule has 2 amide bonds. The summed E-state index contributed by atoms with van der Waals surface area (Å²) in [6.07, 6.45) is -2.52. The van der Waals surface area contributed by atoms with E-state index in [2.05, 4.69) is 20.3 Å². The monoisotopic (exact) mass is 507 g/mol. The molecule has 0 aliphatic carbocycles. The Balaban J connectivity index is 1.83. The van der Waals surface area contributed by atoms with Crippen molar-refractivity contribution >= 4 is 51.7 Å². The summed E-state index contributed by atoms with van der Waals surface area (Å²) in [6, 6.07) is -1.12. The fraction of sp³-hybridized carbons (Fsp3) is 0.500. The maximum atomic E-state index is 12.8. The number of carboxylic acids is 1. The zero-order valence-electron chi connectivity index (χ0n) is 17.4. The number of β-lactam (4-membered cyclic amide) rings is 1. The molecule has 0 bridgehead atoms. The topological polar surface area (TPSA) is 147 Å². The van der Waals surface area contributed by atoms with Crippen molar-refractivity contribution in [3.8, 4) is 0 Å². The Hall–Kier alpha value is -2.81. The fourth-order valence-corrected chi connectivity index (χ4v) is 5.62. The first-order chi connectivity index (χ1) is 15.4. The van der Waals surface area contributed by atoms with Gasteiger partial charge in [-0.2, -0.15) is 13.2 Å². The van der Waals surface area contributed by atoms with Crippen molar-refractivity contribution in [3.05, 3.63) is 22.8 Å². The predicted molar refractivity (Wildman–Crippen MR) is 114 cm³/mol. The number of carbonyl (C=O) groups excluding carboxylic acids is 2. The summed E-state index contributed by atoms with van der Waals surface area (Å²) in [5.74, 6) is -2.56. The van der Waals surface area contributed by atoms with Crippen molar-refractivity contribution in [2.24, 2.45) is 5.16 Å². The van der Waals surface area contributed by atoms with E-state index in [-0.39, 0.29) is 17.2 Å². The number of nitrogens with one attached hydrogen (secondary N) is 1. The van der Waals surface area contributed by atoms with Crippen LogP contribution in [0.3, 0.4) is 0 Å². The van der Waals surface area contributed by atoms with E-state index in [9.17, 15) is 32.7 Å². The highest BCUT2D eigenvalue weighted by Crippen LogP contribution is 2.50. The number of nitrogens with two attached hydrogens (primary N) is 1. The smallest absolute Gasteiger partial charge is 0.425 e. The van der Waals surface area contributed by atoms with Crippen molar-refractivity contribution in [1.29, 1.82) is 0 Å². The molecule has 15 heteroatoms. The molecule has 0 radical (unpaired) electrons. The Morgan fingerprint density at radius 2 is 2.12 bits per heavy atom. The fourth-order valence-electron chi connectivity index (χ4n) is 3.44. The third kappa shape index (κ3) is 4.78. The van der Waals surface area contributed by atoms with Crippen LogP contribution in [-0.2, 0) is 19.2 Å². The first-order valence-corrected chi connectivity index (χ1v) is 11.4.